The zero-order chi connectivity index (χ0) is 18.0. The average molecular weight is 361 g/mol. The summed E-state index contributed by atoms with van der Waals surface area (Å²) in [6.07, 6.45) is 0.173. The minimum Gasteiger partial charge on any atom is -0.338 e. The predicted octanol–water partition coefficient (Wildman–Crippen LogP) is 3.77. The van der Waals surface area contributed by atoms with Gasteiger partial charge in [-0.3, -0.25) is 9.59 Å². The third-order valence-corrected chi connectivity index (χ3v) is 4.56. The fraction of sp³-hybridized carbons (Fsp3) is 0.263. The molecule has 1 aliphatic rings. The standard InChI is InChI=1S/C19H18ClFN2O2/c1-12-2-4-13(5-3-12)10-23-11-14(8-18(23)24)19(25)22-15-6-7-17(21)16(20)9-15/h2-7,9,14H,8,10-11H2,1H3,(H,22,25)/t14-/m0/s1. The summed E-state index contributed by atoms with van der Waals surface area (Å²) in [6.45, 7) is 2.87. The van der Waals surface area contributed by atoms with Crippen LogP contribution in [-0.2, 0) is 16.1 Å². The first-order valence-corrected chi connectivity index (χ1v) is 8.39. The second kappa shape index (κ2) is 7.23. The number of anilines is 1. The lowest BCUT2D eigenvalue weighted by molar-refractivity contribution is -0.128. The maximum atomic E-state index is 13.2. The number of hydrogen-bond acceptors (Lipinski definition) is 2. The van der Waals surface area contributed by atoms with Gasteiger partial charge in [0.2, 0.25) is 11.8 Å². The highest BCUT2D eigenvalue weighted by atomic mass is 35.5. The van der Waals surface area contributed by atoms with Crippen molar-refractivity contribution in [2.24, 2.45) is 5.92 Å². The van der Waals surface area contributed by atoms with Gasteiger partial charge in [0.15, 0.2) is 0 Å². The minimum absolute atomic E-state index is 0.0436. The quantitative estimate of drug-likeness (QED) is 0.902. The molecular formula is C19H18ClFN2O2. The normalized spacial score (nSPS) is 17.0. The number of amides is 2. The summed E-state index contributed by atoms with van der Waals surface area (Å²) in [7, 11) is 0. The van der Waals surface area contributed by atoms with E-state index < -0.39 is 11.7 Å². The highest BCUT2D eigenvalue weighted by Gasteiger charge is 2.34. The maximum absolute atomic E-state index is 13.2. The molecular weight excluding hydrogens is 343 g/mol. The van der Waals surface area contributed by atoms with Crippen LogP contribution in [0.25, 0.3) is 0 Å². The van der Waals surface area contributed by atoms with Gasteiger partial charge in [0.05, 0.1) is 10.9 Å². The van der Waals surface area contributed by atoms with Gasteiger partial charge in [0, 0.05) is 25.2 Å². The SMILES string of the molecule is Cc1ccc(CN2C[C@@H](C(=O)Nc3ccc(F)c(Cl)c3)CC2=O)cc1. The van der Waals surface area contributed by atoms with Gasteiger partial charge in [0.1, 0.15) is 5.82 Å². The number of likely N-dealkylation sites (tertiary alicyclic amines) is 1. The van der Waals surface area contributed by atoms with Crippen molar-refractivity contribution in [3.05, 3.63) is 64.4 Å². The largest absolute Gasteiger partial charge is 0.338 e. The van der Waals surface area contributed by atoms with Crippen molar-refractivity contribution in [2.75, 3.05) is 11.9 Å². The van der Waals surface area contributed by atoms with Crippen LogP contribution in [0.3, 0.4) is 0 Å². The van der Waals surface area contributed by atoms with E-state index in [9.17, 15) is 14.0 Å². The maximum Gasteiger partial charge on any atom is 0.229 e. The van der Waals surface area contributed by atoms with E-state index in [-0.39, 0.29) is 23.3 Å². The predicted molar refractivity (Wildman–Crippen MR) is 94.7 cm³/mol. The summed E-state index contributed by atoms with van der Waals surface area (Å²) in [4.78, 5) is 26.2. The molecule has 0 radical (unpaired) electrons. The van der Waals surface area contributed by atoms with Gasteiger partial charge in [-0.05, 0) is 30.7 Å². The Labute approximate surface area is 150 Å². The molecule has 2 aromatic carbocycles. The van der Waals surface area contributed by atoms with Crippen molar-refractivity contribution in [3.8, 4) is 0 Å². The van der Waals surface area contributed by atoms with E-state index in [1.54, 1.807) is 4.90 Å². The molecule has 4 nitrogen and oxygen atoms in total. The molecule has 6 heteroatoms. The zero-order valence-electron chi connectivity index (χ0n) is 13.8. The molecule has 1 atom stereocenters. The summed E-state index contributed by atoms with van der Waals surface area (Å²) >= 11 is 5.72. The lowest BCUT2D eigenvalue weighted by Crippen LogP contribution is -2.28. The number of hydrogen-bond donors (Lipinski definition) is 1. The lowest BCUT2D eigenvalue weighted by atomic mass is 10.1. The Hall–Kier alpha value is -2.40. The molecule has 1 N–H and O–H groups in total. The minimum atomic E-state index is -0.542. The van der Waals surface area contributed by atoms with Crippen LogP contribution >= 0.6 is 11.6 Å². The molecule has 0 spiro atoms. The van der Waals surface area contributed by atoms with Crippen LogP contribution in [0, 0.1) is 18.7 Å². The van der Waals surface area contributed by atoms with Crippen LogP contribution in [0.1, 0.15) is 17.5 Å². The molecule has 2 aromatic rings. The fourth-order valence-electron chi connectivity index (χ4n) is 2.83. The van der Waals surface area contributed by atoms with E-state index >= 15 is 0 Å². The van der Waals surface area contributed by atoms with Gasteiger partial charge in [-0.15, -0.1) is 0 Å². The van der Waals surface area contributed by atoms with Gasteiger partial charge >= 0.3 is 0 Å². The monoisotopic (exact) mass is 360 g/mol. The molecule has 130 valence electrons. The van der Waals surface area contributed by atoms with Gasteiger partial charge in [-0.25, -0.2) is 4.39 Å². The molecule has 25 heavy (non-hydrogen) atoms. The van der Waals surface area contributed by atoms with Crippen LogP contribution in [0.15, 0.2) is 42.5 Å². The van der Waals surface area contributed by atoms with Crippen LogP contribution < -0.4 is 5.32 Å². The molecule has 2 amide bonds. The number of rotatable bonds is 4. The van der Waals surface area contributed by atoms with Crippen molar-refractivity contribution < 1.29 is 14.0 Å². The third kappa shape index (κ3) is 4.17. The molecule has 0 aliphatic carbocycles. The lowest BCUT2D eigenvalue weighted by Gasteiger charge is -2.17. The summed E-state index contributed by atoms with van der Waals surface area (Å²) in [5, 5.41) is 2.64. The van der Waals surface area contributed by atoms with Gasteiger partial charge in [0.25, 0.3) is 0 Å². The van der Waals surface area contributed by atoms with Crippen molar-refractivity contribution in [2.45, 2.75) is 19.9 Å². The summed E-state index contributed by atoms with van der Waals surface area (Å²) in [5.74, 6) is -1.28. The fourth-order valence-corrected chi connectivity index (χ4v) is 3.01. The first kappa shape index (κ1) is 17.4. The molecule has 0 aromatic heterocycles. The Morgan fingerprint density at radius 1 is 1.28 bits per heavy atom. The Balaban J connectivity index is 1.62. The van der Waals surface area contributed by atoms with E-state index in [0.29, 0.717) is 18.8 Å². The Bertz CT molecular complexity index is 808. The third-order valence-electron chi connectivity index (χ3n) is 4.27. The molecule has 0 bridgehead atoms. The van der Waals surface area contributed by atoms with Crippen LogP contribution in [0.4, 0.5) is 10.1 Å². The number of carbonyl (C=O) groups excluding carboxylic acids is 2. The highest BCUT2D eigenvalue weighted by Crippen LogP contribution is 2.24. The zero-order valence-corrected chi connectivity index (χ0v) is 14.5. The summed E-state index contributed by atoms with van der Waals surface area (Å²) in [5.41, 5.74) is 2.61. The number of nitrogens with one attached hydrogen (secondary N) is 1. The Morgan fingerprint density at radius 3 is 2.68 bits per heavy atom. The van der Waals surface area contributed by atoms with Crippen molar-refractivity contribution >= 4 is 29.1 Å². The van der Waals surface area contributed by atoms with Crippen molar-refractivity contribution in [3.63, 3.8) is 0 Å². The van der Waals surface area contributed by atoms with E-state index in [4.69, 9.17) is 11.6 Å². The smallest absolute Gasteiger partial charge is 0.229 e. The van der Waals surface area contributed by atoms with Crippen LogP contribution in [0.2, 0.25) is 5.02 Å². The first-order chi connectivity index (χ1) is 11.9. The van der Waals surface area contributed by atoms with Gasteiger partial charge in [-0.2, -0.15) is 0 Å². The van der Waals surface area contributed by atoms with E-state index in [0.717, 1.165) is 11.1 Å². The van der Waals surface area contributed by atoms with Crippen molar-refractivity contribution in [1.82, 2.24) is 4.90 Å². The topological polar surface area (TPSA) is 49.4 Å². The molecule has 0 saturated carbocycles. The van der Waals surface area contributed by atoms with Gasteiger partial charge < -0.3 is 10.2 Å². The molecule has 1 heterocycles. The van der Waals surface area contributed by atoms with E-state index in [1.807, 2.05) is 31.2 Å². The van der Waals surface area contributed by atoms with Crippen LogP contribution in [0.5, 0.6) is 0 Å². The molecule has 3 rings (SSSR count). The number of halogens is 2. The van der Waals surface area contributed by atoms with E-state index in [2.05, 4.69) is 5.32 Å². The van der Waals surface area contributed by atoms with Crippen molar-refractivity contribution in [1.29, 1.82) is 0 Å². The Morgan fingerprint density at radius 2 is 2.00 bits per heavy atom. The molecule has 1 saturated heterocycles. The van der Waals surface area contributed by atoms with Gasteiger partial charge in [-0.1, -0.05) is 41.4 Å². The number of nitrogens with zero attached hydrogens (tertiary/aromatic N) is 1. The highest BCUT2D eigenvalue weighted by molar-refractivity contribution is 6.31. The Kier molecular flexibility index (Phi) is 5.04. The second-order valence-electron chi connectivity index (χ2n) is 6.28. The molecule has 0 unspecified atom stereocenters. The van der Waals surface area contributed by atoms with E-state index in [1.165, 1.54) is 18.2 Å². The second-order valence-corrected chi connectivity index (χ2v) is 6.69. The average Bonchev–Trinajstić information content (AvgIpc) is 2.94. The summed E-state index contributed by atoms with van der Waals surface area (Å²) in [6, 6.07) is 12.0. The summed E-state index contributed by atoms with van der Waals surface area (Å²) < 4.78 is 13.2. The first-order valence-electron chi connectivity index (χ1n) is 8.01. The molecule has 1 fully saturated rings. The number of aryl methyl sites for hydroxylation is 1. The van der Waals surface area contributed by atoms with Crippen LogP contribution in [-0.4, -0.2) is 23.3 Å². The molecule has 1 aliphatic heterocycles. The number of benzene rings is 2. The number of carbonyl (C=O) groups is 2.